The Hall–Kier alpha value is -3.34. The second kappa shape index (κ2) is 5.63. The van der Waals surface area contributed by atoms with Gasteiger partial charge >= 0.3 is 0 Å². The molecule has 5 heterocycles. The minimum Gasteiger partial charge on any atom is -0.379 e. The summed E-state index contributed by atoms with van der Waals surface area (Å²) >= 11 is 0. The molecule has 5 nitrogen and oxygen atoms in total. The molecule has 4 aromatic rings. The molecule has 2 aliphatic heterocycles. The fourth-order valence-electron chi connectivity index (χ4n) is 3.36. The van der Waals surface area contributed by atoms with Crippen molar-refractivity contribution >= 4 is 17.0 Å². The van der Waals surface area contributed by atoms with Crippen LogP contribution in [0.2, 0.25) is 0 Å². The van der Waals surface area contributed by atoms with Gasteiger partial charge in [0.05, 0.1) is 17.9 Å². The van der Waals surface area contributed by atoms with Crippen LogP contribution < -0.4 is 10.6 Å². The molecule has 0 saturated heterocycles. The lowest BCUT2D eigenvalue weighted by molar-refractivity contribution is 0.984. The predicted molar refractivity (Wildman–Crippen MR) is 99.5 cm³/mol. The number of hydrogen-bond acceptors (Lipinski definition) is 4. The molecule has 0 atom stereocenters. The average molecular weight is 327 g/mol. The maximum atomic E-state index is 4.56. The van der Waals surface area contributed by atoms with Gasteiger partial charge in [0.2, 0.25) is 0 Å². The Balaban J connectivity index is 1.62. The van der Waals surface area contributed by atoms with E-state index in [0.717, 1.165) is 29.1 Å². The van der Waals surface area contributed by atoms with E-state index < -0.39 is 0 Å². The molecule has 0 amide bonds. The van der Waals surface area contributed by atoms with Crippen LogP contribution in [0.15, 0.2) is 67.3 Å². The second-order valence-electron chi connectivity index (χ2n) is 6.18. The summed E-state index contributed by atoms with van der Waals surface area (Å²) in [5.41, 5.74) is 7.92. The Morgan fingerprint density at radius 1 is 1.12 bits per heavy atom. The van der Waals surface area contributed by atoms with Crippen molar-refractivity contribution in [1.29, 1.82) is 0 Å². The molecular weight excluding hydrogens is 310 g/mol. The number of fused-ring (bicyclic) bond motifs is 4. The van der Waals surface area contributed by atoms with E-state index in [-0.39, 0.29) is 0 Å². The van der Waals surface area contributed by atoms with Gasteiger partial charge in [0.1, 0.15) is 0 Å². The fourth-order valence-corrected chi connectivity index (χ4v) is 3.36. The molecule has 0 radical (unpaired) electrons. The van der Waals surface area contributed by atoms with E-state index in [9.17, 15) is 0 Å². The molecule has 0 aliphatic carbocycles. The highest BCUT2D eigenvalue weighted by molar-refractivity contribution is 5.80. The number of aromatic nitrogens is 3. The number of pyridine rings is 2. The summed E-state index contributed by atoms with van der Waals surface area (Å²) in [6, 6.07) is 14.8. The van der Waals surface area contributed by atoms with Crippen LogP contribution in [0.3, 0.4) is 0 Å². The molecular formula is C20H17N5. The zero-order valence-electron chi connectivity index (χ0n) is 13.6. The Kier molecular flexibility index (Phi) is 3.16. The summed E-state index contributed by atoms with van der Waals surface area (Å²) in [4.78, 5) is 8.74. The summed E-state index contributed by atoms with van der Waals surface area (Å²) < 4.78 is 2.17. The zero-order valence-corrected chi connectivity index (χ0v) is 13.6. The summed E-state index contributed by atoms with van der Waals surface area (Å²) in [6.07, 6.45) is 7.55. The molecule has 122 valence electrons. The van der Waals surface area contributed by atoms with Crippen molar-refractivity contribution in [2.45, 2.75) is 13.1 Å². The minimum absolute atomic E-state index is 0.715. The zero-order chi connectivity index (χ0) is 16.6. The van der Waals surface area contributed by atoms with Crippen molar-refractivity contribution in [1.82, 2.24) is 14.4 Å². The van der Waals surface area contributed by atoms with Crippen molar-refractivity contribution in [3.8, 4) is 11.1 Å². The lowest BCUT2D eigenvalue weighted by Gasteiger charge is -2.20. The van der Waals surface area contributed by atoms with Crippen LogP contribution in [0, 0.1) is 0 Å². The maximum absolute atomic E-state index is 4.56. The highest BCUT2D eigenvalue weighted by Crippen LogP contribution is 2.33. The van der Waals surface area contributed by atoms with Gasteiger partial charge in [0.25, 0.3) is 0 Å². The Bertz CT molecular complexity index is 1040. The monoisotopic (exact) mass is 327 g/mol. The molecule has 1 aromatic carbocycles. The Morgan fingerprint density at radius 2 is 2.04 bits per heavy atom. The lowest BCUT2D eigenvalue weighted by Crippen LogP contribution is -2.11. The molecule has 2 N–H and O–H groups in total. The summed E-state index contributed by atoms with van der Waals surface area (Å²) in [5, 5.41) is 7.00. The third-order valence-corrected chi connectivity index (χ3v) is 4.63. The van der Waals surface area contributed by atoms with Gasteiger partial charge in [0.15, 0.2) is 5.65 Å². The first-order valence-corrected chi connectivity index (χ1v) is 8.34. The van der Waals surface area contributed by atoms with Gasteiger partial charge in [0, 0.05) is 42.6 Å². The van der Waals surface area contributed by atoms with Crippen LogP contribution in [-0.4, -0.2) is 14.4 Å². The first-order valence-electron chi connectivity index (χ1n) is 8.34. The van der Waals surface area contributed by atoms with Gasteiger partial charge in [-0.2, -0.15) is 0 Å². The standard InChI is InChI=1S/C20H17N5/c1-2-14(11-21-7-1)12-24-18-10-17-15-3-5-16(6-4-15)23-13-19(17)25-9-8-22-20(18)25/h1-11,23-24H,12-13H2. The number of benzene rings is 1. The van der Waals surface area contributed by atoms with E-state index >= 15 is 0 Å². The summed E-state index contributed by atoms with van der Waals surface area (Å²) in [7, 11) is 0. The molecule has 2 aliphatic rings. The largest absolute Gasteiger partial charge is 0.379 e. The van der Waals surface area contributed by atoms with Crippen molar-refractivity contribution < 1.29 is 0 Å². The number of anilines is 2. The van der Waals surface area contributed by atoms with Gasteiger partial charge in [-0.1, -0.05) is 18.2 Å². The summed E-state index contributed by atoms with van der Waals surface area (Å²) in [5.74, 6) is 0. The molecule has 2 bridgehead atoms. The van der Waals surface area contributed by atoms with Crippen LogP contribution >= 0.6 is 0 Å². The van der Waals surface area contributed by atoms with Gasteiger partial charge in [-0.05, 0) is 35.4 Å². The fraction of sp³-hybridized carbons (Fsp3) is 0.100. The van der Waals surface area contributed by atoms with Crippen molar-refractivity contribution in [2.24, 2.45) is 0 Å². The lowest BCUT2D eigenvalue weighted by atomic mass is 10.0. The average Bonchev–Trinajstić information content (AvgIpc) is 3.13. The van der Waals surface area contributed by atoms with E-state index in [2.05, 4.69) is 61.4 Å². The van der Waals surface area contributed by atoms with Gasteiger partial charge < -0.3 is 10.6 Å². The van der Waals surface area contributed by atoms with Gasteiger partial charge in [-0.25, -0.2) is 4.98 Å². The Morgan fingerprint density at radius 3 is 2.88 bits per heavy atom. The van der Waals surface area contributed by atoms with E-state index in [1.165, 1.54) is 16.8 Å². The molecule has 0 saturated carbocycles. The van der Waals surface area contributed by atoms with Crippen LogP contribution in [0.1, 0.15) is 11.3 Å². The van der Waals surface area contributed by atoms with Crippen LogP contribution in [0.25, 0.3) is 16.8 Å². The van der Waals surface area contributed by atoms with Crippen LogP contribution in [0.4, 0.5) is 11.4 Å². The van der Waals surface area contributed by atoms with Crippen molar-refractivity contribution in [3.05, 3.63) is 78.5 Å². The molecule has 5 heteroatoms. The molecule has 6 rings (SSSR count). The van der Waals surface area contributed by atoms with E-state index in [0.29, 0.717) is 6.54 Å². The quantitative estimate of drug-likeness (QED) is 0.598. The number of nitrogens with zero attached hydrogens (tertiary/aromatic N) is 3. The first kappa shape index (κ1) is 14.0. The van der Waals surface area contributed by atoms with E-state index in [1.54, 1.807) is 6.20 Å². The highest BCUT2D eigenvalue weighted by atomic mass is 15.1. The van der Waals surface area contributed by atoms with E-state index in [1.807, 2.05) is 24.7 Å². The van der Waals surface area contributed by atoms with Crippen LogP contribution in [0.5, 0.6) is 0 Å². The topological polar surface area (TPSA) is 54.2 Å². The van der Waals surface area contributed by atoms with Gasteiger partial charge in [-0.3, -0.25) is 9.38 Å². The summed E-state index contributed by atoms with van der Waals surface area (Å²) in [6.45, 7) is 1.49. The molecule has 0 unspecified atom stereocenters. The number of hydrogen-bond donors (Lipinski definition) is 2. The molecule has 25 heavy (non-hydrogen) atoms. The minimum atomic E-state index is 0.715. The van der Waals surface area contributed by atoms with Crippen molar-refractivity contribution in [3.63, 3.8) is 0 Å². The van der Waals surface area contributed by atoms with E-state index in [4.69, 9.17) is 0 Å². The SMILES string of the molecule is c1cncc(CNc2cc3c(n4ccnc24)CNc2ccc-3cc2)c1. The maximum Gasteiger partial charge on any atom is 0.160 e. The Labute approximate surface area is 145 Å². The third kappa shape index (κ3) is 2.41. The highest BCUT2D eigenvalue weighted by Gasteiger charge is 2.16. The smallest absolute Gasteiger partial charge is 0.160 e. The van der Waals surface area contributed by atoms with Crippen molar-refractivity contribution in [2.75, 3.05) is 10.6 Å². The molecule has 0 spiro atoms. The normalized spacial score (nSPS) is 12.3. The number of rotatable bonds is 3. The number of nitrogens with one attached hydrogen (secondary N) is 2. The molecule has 0 fully saturated rings. The predicted octanol–water partition coefficient (Wildman–Crippen LogP) is 3.93. The second-order valence-corrected chi connectivity index (χ2v) is 6.18. The molecule has 3 aromatic heterocycles. The van der Waals surface area contributed by atoms with Crippen LogP contribution in [-0.2, 0) is 13.1 Å². The van der Waals surface area contributed by atoms with Gasteiger partial charge in [-0.15, -0.1) is 0 Å². The third-order valence-electron chi connectivity index (χ3n) is 4.63. The first-order chi connectivity index (χ1) is 12.4. The number of imidazole rings is 1.